The van der Waals surface area contributed by atoms with Crippen LogP contribution in [0.3, 0.4) is 0 Å². The Labute approximate surface area is 98.5 Å². The Bertz CT molecular complexity index is 391. The van der Waals surface area contributed by atoms with Crippen molar-refractivity contribution in [3.05, 3.63) is 22.2 Å². The first-order chi connectivity index (χ1) is 7.00. The monoisotopic (exact) mass is 246 g/mol. The maximum atomic E-state index is 5.92. The fourth-order valence-electron chi connectivity index (χ4n) is 1.48. The first-order valence-corrected chi connectivity index (χ1v) is 5.36. The van der Waals surface area contributed by atoms with Gasteiger partial charge < -0.3 is 15.8 Å². The molecule has 0 bridgehead atoms. The minimum Gasteiger partial charge on any atom is -0.397 e. The summed E-state index contributed by atoms with van der Waals surface area (Å²) < 4.78 is 5.14. The topological polar surface area (TPSA) is 47.3 Å². The average molecular weight is 247 g/mol. The summed E-state index contributed by atoms with van der Waals surface area (Å²) >= 11 is 11.8. The van der Waals surface area contributed by atoms with Crippen LogP contribution in [0, 0.1) is 0 Å². The molecule has 15 heavy (non-hydrogen) atoms. The van der Waals surface area contributed by atoms with E-state index in [0.29, 0.717) is 28.9 Å². The van der Waals surface area contributed by atoms with Crippen LogP contribution in [0.25, 0.3) is 0 Å². The molecule has 0 aromatic heterocycles. The Morgan fingerprint density at radius 2 is 1.93 bits per heavy atom. The van der Waals surface area contributed by atoms with Crippen molar-refractivity contribution < 1.29 is 4.74 Å². The van der Waals surface area contributed by atoms with Crippen LogP contribution in [0.4, 0.5) is 11.4 Å². The van der Waals surface area contributed by atoms with Crippen molar-refractivity contribution in [3.63, 3.8) is 0 Å². The van der Waals surface area contributed by atoms with Gasteiger partial charge in [0.25, 0.3) is 0 Å². The third kappa shape index (κ3) is 2.14. The van der Waals surface area contributed by atoms with E-state index in [-0.39, 0.29) is 5.54 Å². The van der Waals surface area contributed by atoms with Crippen LogP contribution in [0.2, 0.25) is 10.0 Å². The van der Waals surface area contributed by atoms with Gasteiger partial charge in [0, 0.05) is 0 Å². The number of anilines is 2. The number of hydrogen-bond donors (Lipinski definition) is 2. The van der Waals surface area contributed by atoms with Crippen molar-refractivity contribution in [1.29, 1.82) is 0 Å². The molecule has 1 fully saturated rings. The number of ether oxygens (including phenoxy) is 1. The minimum absolute atomic E-state index is 0.0503. The number of nitrogens with two attached hydrogens (primary N) is 1. The second kappa shape index (κ2) is 3.74. The highest BCUT2D eigenvalue weighted by molar-refractivity contribution is 6.42. The molecule has 3 N–H and O–H groups in total. The summed E-state index contributed by atoms with van der Waals surface area (Å²) in [6.07, 6.45) is 0. The summed E-state index contributed by atoms with van der Waals surface area (Å²) in [4.78, 5) is 0. The van der Waals surface area contributed by atoms with E-state index in [1.807, 2.05) is 0 Å². The summed E-state index contributed by atoms with van der Waals surface area (Å²) in [5.74, 6) is 0. The molecule has 3 nitrogen and oxygen atoms in total. The maximum absolute atomic E-state index is 5.92. The first kappa shape index (κ1) is 10.9. The molecule has 5 heteroatoms. The van der Waals surface area contributed by atoms with Gasteiger partial charge in [-0.1, -0.05) is 23.2 Å². The molecule has 0 aliphatic carbocycles. The zero-order chi connectivity index (χ0) is 11.1. The van der Waals surface area contributed by atoms with E-state index >= 15 is 0 Å². The fraction of sp³-hybridized carbons (Fsp3) is 0.400. The second-order valence-electron chi connectivity index (χ2n) is 4.03. The van der Waals surface area contributed by atoms with E-state index in [0.717, 1.165) is 5.69 Å². The quantitative estimate of drug-likeness (QED) is 0.790. The van der Waals surface area contributed by atoms with E-state index in [1.54, 1.807) is 12.1 Å². The van der Waals surface area contributed by atoms with Crippen molar-refractivity contribution in [2.75, 3.05) is 24.3 Å². The summed E-state index contributed by atoms with van der Waals surface area (Å²) in [6, 6.07) is 3.39. The lowest BCUT2D eigenvalue weighted by Crippen LogP contribution is -2.53. The number of nitrogen functional groups attached to an aromatic ring is 1. The number of nitrogens with one attached hydrogen (secondary N) is 1. The minimum atomic E-state index is -0.0503. The molecule has 1 aliphatic rings. The molecule has 0 saturated carbocycles. The van der Waals surface area contributed by atoms with Crippen molar-refractivity contribution in [3.8, 4) is 0 Å². The molecule has 1 aliphatic heterocycles. The van der Waals surface area contributed by atoms with Gasteiger partial charge in [-0.3, -0.25) is 0 Å². The normalized spacial score (nSPS) is 18.3. The molecule has 0 unspecified atom stereocenters. The molecule has 0 amide bonds. The van der Waals surface area contributed by atoms with Gasteiger partial charge in [0.2, 0.25) is 0 Å². The zero-order valence-corrected chi connectivity index (χ0v) is 9.82. The summed E-state index contributed by atoms with van der Waals surface area (Å²) in [6.45, 7) is 3.41. The molecule has 1 saturated heterocycles. The van der Waals surface area contributed by atoms with Crippen LogP contribution in [0.5, 0.6) is 0 Å². The van der Waals surface area contributed by atoms with Crippen molar-refractivity contribution in [2.24, 2.45) is 0 Å². The first-order valence-electron chi connectivity index (χ1n) is 4.61. The highest BCUT2D eigenvalue weighted by Gasteiger charge is 2.33. The maximum Gasteiger partial charge on any atom is 0.0812 e. The van der Waals surface area contributed by atoms with Crippen LogP contribution >= 0.6 is 23.2 Å². The fourth-order valence-corrected chi connectivity index (χ4v) is 1.81. The number of rotatable bonds is 2. The predicted molar refractivity (Wildman–Crippen MR) is 63.7 cm³/mol. The Balaban J connectivity index is 2.24. The highest BCUT2D eigenvalue weighted by atomic mass is 35.5. The van der Waals surface area contributed by atoms with E-state index < -0.39 is 0 Å². The molecule has 1 aromatic carbocycles. The van der Waals surface area contributed by atoms with E-state index in [4.69, 9.17) is 33.7 Å². The number of hydrogen-bond acceptors (Lipinski definition) is 3. The van der Waals surface area contributed by atoms with Gasteiger partial charge >= 0.3 is 0 Å². The Morgan fingerprint density at radius 1 is 1.33 bits per heavy atom. The Hall–Kier alpha value is -0.640. The van der Waals surface area contributed by atoms with Crippen molar-refractivity contribution in [2.45, 2.75) is 12.5 Å². The third-order valence-electron chi connectivity index (χ3n) is 2.37. The largest absolute Gasteiger partial charge is 0.397 e. The molecule has 1 heterocycles. The molecule has 0 atom stereocenters. The molecule has 0 radical (unpaired) electrons. The lowest BCUT2D eigenvalue weighted by Gasteiger charge is -2.40. The molecule has 82 valence electrons. The molecule has 2 rings (SSSR count). The summed E-state index contributed by atoms with van der Waals surface area (Å²) in [5.41, 5.74) is 7.18. The van der Waals surface area contributed by atoms with Crippen LogP contribution in [-0.2, 0) is 4.74 Å². The van der Waals surface area contributed by atoms with Gasteiger partial charge in [0.15, 0.2) is 0 Å². The van der Waals surface area contributed by atoms with Crippen LogP contribution < -0.4 is 11.1 Å². The summed E-state index contributed by atoms with van der Waals surface area (Å²) in [5, 5.41) is 4.26. The average Bonchev–Trinajstić information content (AvgIpc) is 2.11. The number of benzene rings is 1. The second-order valence-corrected chi connectivity index (χ2v) is 4.85. The highest BCUT2D eigenvalue weighted by Crippen LogP contribution is 2.33. The van der Waals surface area contributed by atoms with Crippen molar-refractivity contribution in [1.82, 2.24) is 0 Å². The van der Waals surface area contributed by atoms with Gasteiger partial charge in [-0.05, 0) is 19.1 Å². The van der Waals surface area contributed by atoms with E-state index in [2.05, 4.69) is 12.2 Å². The van der Waals surface area contributed by atoms with Gasteiger partial charge in [0.05, 0.1) is 40.2 Å². The molecule has 1 aromatic rings. The van der Waals surface area contributed by atoms with E-state index in [9.17, 15) is 0 Å². The van der Waals surface area contributed by atoms with Crippen LogP contribution in [0.1, 0.15) is 6.92 Å². The lowest BCUT2D eigenvalue weighted by atomic mass is 10.00. The van der Waals surface area contributed by atoms with Gasteiger partial charge in [-0.2, -0.15) is 0 Å². The van der Waals surface area contributed by atoms with Gasteiger partial charge in [0.1, 0.15) is 0 Å². The molecular weight excluding hydrogens is 235 g/mol. The summed E-state index contributed by atoms with van der Waals surface area (Å²) in [7, 11) is 0. The molecule has 0 spiro atoms. The predicted octanol–water partition coefficient (Wildman–Crippen LogP) is 2.78. The van der Waals surface area contributed by atoms with E-state index in [1.165, 1.54) is 0 Å². The SMILES string of the molecule is CC1(Nc2cc(Cl)c(Cl)cc2N)COC1. The van der Waals surface area contributed by atoms with Gasteiger partial charge in [-0.15, -0.1) is 0 Å². The Morgan fingerprint density at radius 3 is 2.47 bits per heavy atom. The van der Waals surface area contributed by atoms with Gasteiger partial charge in [-0.25, -0.2) is 0 Å². The zero-order valence-electron chi connectivity index (χ0n) is 8.31. The van der Waals surface area contributed by atoms with Crippen LogP contribution in [-0.4, -0.2) is 18.8 Å². The van der Waals surface area contributed by atoms with Crippen molar-refractivity contribution >= 4 is 34.6 Å². The lowest BCUT2D eigenvalue weighted by molar-refractivity contribution is -0.0317. The Kier molecular flexibility index (Phi) is 2.71. The molecular formula is C10H12Cl2N2O. The standard InChI is InChI=1S/C10H12Cl2N2O/c1-10(4-15-5-10)14-9-3-7(12)6(11)2-8(9)13/h2-3,14H,4-5,13H2,1H3. The smallest absolute Gasteiger partial charge is 0.0812 e. The third-order valence-corrected chi connectivity index (χ3v) is 3.09. The number of halogens is 2. The van der Waals surface area contributed by atoms with Crippen LogP contribution in [0.15, 0.2) is 12.1 Å².